The Hall–Kier alpha value is -5.22. The van der Waals surface area contributed by atoms with Crippen molar-refractivity contribution < 1.29 is 9.47 Å². The van der Waals surface area contributed by atoms with E-state index in [0.717, 1.165) is 33.3 Å². The Morgan fingerprint density at radius 2 is 0.816 bits per heavy atom. The summed E-state index contributed by atoms with van der Waals surface area (Å²) in [6.45, 7) is 0. The lowest BCUT2D eigenvalue weighted by Gasteiger charge is -2.22. The fourth-order valence-corrected chi connectivity index (χ4v) is 5.22. The molecule has 4 nitrogen and oxygen atoms in total. The van der Waals surface area contributed by atoms with Crippen LogP contribution >= 0.6 is 0 Å². The highest BCUT2D eigenvalue weighted by Gasteiger charge is 2.25. The Morgan fingerprint density at radius 3 is 1.29 bits per heavy atom. The van der Waals surface area contributed by atoms with Crippen LogP contribution in [0, 0.1) is 0 Å². The number of benzene rings is 6. The average molecular weight is 489 g/mol. The lowest BCUT2D eigenvalue weighted by atomic mass is 9.91. The van der Waals surface area contributed by atoms with Gasteiger partial charge in [-0.25, -0.2) is 9.97 Å². The number of hydrogen-bond donors (Lipinski definition) is 0. The Bertz CT molecular complexity index is 1900. The molecule has 0 atom stereocenters. The normalized spacial score (nSPS) is 12.1. The summed E-state index contributed by atoms with van der Waals surface area (Å²) in [5.74, 6) is 1.99. The second kappa shape index (κ2) is 8.15. The minimum absolute atomic E-state index is 0.374. The summed E-state index contributed by atoms with van der Waals surface area (Å²) in [6.07, 6.45) is 0. The van der Waals surface area contributed by atoms with Crippen molar-refractivity contribution in [2.45, 2.75) is 0 Å². The van der Waals surface area contributed by atoms with Gasteiger partial charge in [-0.3, -0.25) is 0 Å². The Labute approximate surface area is 218 Å². The van der Waals surface area contributed by atoms with Gasteiger partial charge in [0, 0.05) is 0 Å². The first-order valence-electron chi connectivity index (χ1n) is 12.6. The minimum Gasteiger partial charge on any atom is -0.431 e. The maximum Gasteiger partial charge on any atom is 0.284 e. The van der Waals surface area contributed by atoms with E-state index < -0.39 is 0 Å². The number of fused-ring (bicyclic) bond motifs is 5. The number of aromatic nitrogens is 2. The van der Waals surface area contributed by atoms with Crippen LogP contribution in [0.1, 0.15) is 0 Å². The van der Waals surface area contributed by atoms with Gasteiger partial charge in [0.05, 0.1) is 11.0 Å². The van der Waals surface area contributed by atoms with Gasteiger partial charge in [-0.2, -0.15) is 0 Å². The third-order valence-electron chi connectivity index (χ3n) is 7.13. The summed E-state index contributed by atoms with van der Waals surface area (Å²) < 4.78 is 12.6. The molecule has 7 aromatic rings. The first-order chi connectivity index (χ1) is 18.8. The van der Waals surface area contributed by atoms with Crippen molar-refractivity contribution in [2.75, 3.05) is 0 Å². The summed E-state index contributed by atoms with van der Waals surface area (Å²) in [5.41, 5.74) is 5.86. The van der Waals surface area contributed by atoms with E-state index >= 15 is 0 Å². The van der Waals surface area contributed by atoms with Gasteiger partial charge in [0.2, 0.25) is 0 Å². The molecule has 1 aliphatic rings. The van der Waals surface area contributed by atoms with Crippen LogP contribution in [0.5, 0.6) is 23.3 Å². The van der Waals surface area contributed by atoms with Gasteiger partial charge in [-0.1, -0.05) is 84.9 Å². The zero-order valence-electron chi connectivity index (χ0n) is 20.3. The van der Waals surface area contributed by atoms with Crippen molar-refractivity contribution in [2.24, 2.45) is 0 Å². The van der Waals surface area contributed by atoms with E-state index in [1.54, 1.807) is 0 Å². The summed E-state index contributed by atoms with van der Waals surface area (Å²) >= 11 is 0. The molecule has 0 fully saturated rings. The van der Waals surface area contributed by atoms with E-state index in [4.69, 9.17) is 9.47 Å². The molecule has 0 unspecified atom stereocenters. The van der Waals surface area contributed by atoms with Crippen molar-refractivity contribution in [1.82, 2.24) is 9.97 Å². The largest absolute Gasteiger partial charge is 0.431 e. The summed E-state index contributed by atoms with van der Waals surface area (Å²) in [4.78, 5) is 9.33. The Balaban J connectivity index is 1.34. The minimum atomic E-state index is 0.374. The van der Waals surface area contributed by atoms with Gasteiger partial charge in [0.1, 0.15) is 0 Å². The van der Waals surface area contributed by atoms with Crippen LogP contribution in [-0.4, -0.2) is 9.97 Å². The van der Waals surface area contributed by atoms with Crippen LogP contribution < -0.4 is 9.47 Å². The second-order valence-electron chi connectivity index (χ2n) is 9.50. The van der Waals surface area contributed by atoms with Gasteiger partial charge >= 0.3 is 0 Å². The lowest BCUT2D eigenvalue weighted by Crippen LogP contribution is -2.04. The first kappa shape index (κ1) is 20.9. The predicted octanol–water partition coefficient (Wildman–Crippen LogP) is 9.17. The molecule has 0 saturated carbocycles. The van der Waals surface area contributed by atoms with Crippen molar-refractivity contribution >= 4 is 32.6 Å². The highest BCUT2D eigenvalue weighted by molar-refractivity contribution is 5.95. The van der Waals surface area contributed by atoms with Gasteiger partial charge in [-0.15, -0.1) is 0 Å². The third kappa shape index (κ3) is 3.39. The molecule has 0 saturated heterocycles. The molecule has 0 bridgehead atoms. The number of rotatable bonds is 2. The second-order valence-corrected chi connectivity index (χ2v) is 9.50. The Morgan fingerprint density at radius 1 is 0.395 bits per heavy atom. The predicted molar refractivity (Wildman–Crippen MR) is 152 cm³/mol. The van der Waals surface area contributed by atoms with Crippen molar-refractivity contribution in [1.29, 1.82) is 0 Å². The van der Waals surface area contributed by atoms with Crippen molar-refractivity contribution in [3.8, 4) is 45.5 Å². The van der Waals surface area contributed by atoms with Crippen LogP contribution in [0.3, 0.4) is 0 Å². The highest BCUT2D eigenvalue weighted by atomic mass is 16.6. The molecular formula is C34H20N2O2. The molecule has 0 N–H and O–H groups in total. The van der Waals surface area contributed by atoms with E-state index in [-0.39, 0.29) is 0 Å². The molecule has 38 heavy (non-hydrogen) atoms. The van der Waals surface area contributed by atoms with Crippen LogP contribution in [0.2, 0.25) is 0 Å². The zero-order valence-corrected chi connectivity index (χ0v) is 20.3. The lowest BCUT2D eigenvalue weighted by molar-refractivity contribution is 0.339. The maximum atomic E-state index is 6.30. The number of ether oxygens (including phenoxy) is 2. The van der Waals surface area contributed by atoms with Crippen molar-refractivity contribution in [3.05, 3.63) is 121 Å². The molecular weight excluding hydrogens is 468 g/mol. The molecule has 1 aliphatic heterocycles. The smallest absolute Gasteiger partial charge is 0.284 e. The molecule has 0 aliphatic carbocycles. The molecule has 178 valence electrons. The third-order valence-corrected chi connectivity index (χ3v) is 7.13. The summed E-state index contributed by atoms with van der Waals surface area (Å²) in [5, 5.41) is 4.79. The summed E-state index contributed by atoms with van der Waals surface area (Å²) in [6, 6.07) is 41.8. The van der Waals surface area contributed by atoms with Gasteiger partial charge in [0.15, 0.2) is 11.5 Å². The van der Waals surface area contributed by atoms with Crippen molar-refractivity contribution in [3.63, 3.8) is 0 Å². The van der Waals surface area contributed by atoms with Gasteiger partial charge in [0.25, 0.3) is 11.8 Å². The quantitative estimate of drug-likeness (QED) is 0.243. The number of nitrogens with zero attached hydrogens (tertiary/aromatic N) is 2. The molecule has 8 rings (SSSR count). The number of para-hydroxylation sites is 2. The van der Waals surface area contributed by atoms with Gasteiger partial charge < -0.3 is 9.47 Å². The maximum absolute atomic E-state index is 6.30. The van der Waals surface area contributed by atoms with Crippen LogP contribution in [0.15, 0.2) is 121 Å². The van der Waals surface area contributed by atoms with E-state index in [1.165, 1.54) is 21.5 Å². The molecule has 0 spiro atoms. The SMILES string of the molecule is c1ccc2cc(-c3cc4c(cc3-c3ccc5ccccc5c3)Oc3nc5ccccc5nc3O4)ccc2c1. The van der Waals surface area contributed by atoms with Crippen LogP contribution in [0.4, 0.5) is 0 Å². The molecule has 0 radical (unpaired) electrons. The average Bonchev–Trinajstić information content (AvgIpc) is 2.98. The fourth-order valence-electron chi connectivity index (χ4n) is 5.22. The summed E-state index contributed by atoms with van der Waals surface area (Å²) in [7, 11) is 0. The molecule has 6 aromatic carbocycles. The molecule has 1 aromatic heterocycles. The monoisotopic (exact) mass is 488 g/mol. The Kier molecular flexibility index (Phi) is 4.49. The molecule has 0 amide bonds. The van der Waals surface area contributed by atoms with E-state index in [0.29, 0.717) is 23.3 Å². The van der Waals surface area contributed by atoms with E-state index in [2.05, 4.69) is 107 Å². The van der Waals surface area contributed by atoms with Crippen LogP contribution in [-0.2, 0) is 0 Å². The first-order valence-corrected chi connectivity index (χ1v) is 12.6. The standard InChI is InChI=1S/C34H20N2O2/c1-3-9-23-17-25(15-13-21(23)7-1)27-19-31-32(20-28(27)26-16-14-22-8-2-4-10-24(22)18-26)38-34-33(37-31)35-29-11-5-6-12-30(29)36-34/h1-20H. The zero-order chi connectivity index (χ0) is 25.1. The molecule has 2 heterocycles. The molecule has 4 heteroatoms. The number of hydrogen-bond acceptors (Lipinski definition) is 4. The topological polar surface area (TPSA) is 44.2 Å². The highest BCUT2D eigenvalue weighted by Crippen LogP contribution is 2.49. The fraction of sp³-hybridized carbons (Fsp3) is 0. The van der Waals surface area contributed by atoms with Gasteiger partial charge in [-0.05, 0) is 80.2 Å². The van der Waals surface area contributed by atoms with E-state index in [1.807, 2.05) is 24.3 Å². The van der Waals surface area contributed by atoms with Crippen LogP contribution in [0.25, 0.3) is 54.8 Å². The van der Waals surface area contributed by atoms with E-state index in [9.17, 15) is 0 Å².